The normalized spacial score (nSPS) is 11.4. The van der Waals surface area contributed by atoms with Crippen LogP contribution in [-0.2, 0) is 0 Å². The van der Waals surface area contributed by atoms with Crippen molar-refractivity contribution in [2.75, 3.05) is 18.4 Å². The Labute approximate surface area is 153 Å². The number of rotatable bonds is 5. The van der Waals surface area contributed by atoms with E-state index in [4.69, 9.17) is 0 Å². The molecule has 2 aromatic rings. The first-order valence-corrected chi connectivity index (χ1v) is 8.37. The topological polar surface area (TPSA) is 109 Å². The van der Waals surface area contributed by atoms with Crippen LogP contribution in [0.2, 0.25) is 0 Å². The summed E-state index contributed by atoms with van der Waals surface area (Å²) in [4.78, 5) is 27.6. The molecule has 1 aromatic heterocycles. The van der Waals surface area contributed by atoms with Crippen LogP contribution in [0, 0.1) is 10.1 Å². The van der Waals surface area contributed by atoms with Gasteiger partial charge in [0.1, 0.15) is 11.9 Å². The fourth-order valence-corrected chi connectivity index (χ4v) is 2.84. The highest BCUT2D eigenvalue weighted by Gasteiger charge is 2.26. The van der Waals surface area contributed by atoms with Crippen LogP contribution in [0.1, 0.15) is 20.8 Å². The van der Waals surface area contributed by atoms with Gasteiger partial charge in [0.2, 0.25) is 0 Å². The monoisotopic (exact) mass is 410 g/mol. The Kier molecular flexibility index (Phi) is 5.46. The molecule has 0 aliphatic heterocycles. The third-order valence-electron chi connectivity index (χ3n) is 3.69. The van der Waals surface area contributed by atoms with Crippen molar-refractivity contribution < 1.29 is 14.8 Å². The minimum atomic E-state index is -1.03. The highest BCUT2D eigenvalue weighted by Crippen LogP contribution is 2.32. The van der Waals surface area contributed by atoms with E-state index in [0.29, 0.717) is 16.6 Å². The van der Waals surface area contributed by atoms with E-state index >= 15 is 0 Å². The Balaban J connectivity index is 2.31. The Hall–Kier alpha value is -2.42. The van der Waals surface area contributed by atoms with Gasteiger partial charge in [-0.15, -0.1) is 0 Å². The van der Waals surface area contributed by atoms with E-state index in [2.05, 4.69) is 26.2 Å². The average molecular weight is 411 g/mol. The molecule has 0 radical (unpaired) electrons. The van der Waals surface area contributed by atoms with Crippen LogP contribution >= 0.6 is 15.9 Å². The molecule has 1 aromatic carbocycles. The van der Waals surface area contributed by atoms with Gasteiger partial charge in [0.25, 0.3) is 0 Å². The zero-order valence-corrected chi connectivity index (χ0v) is 15.7. The predicted molar refractivity (Wildman–Crippen MR) is 99.1 cm³/mol. The summed E-state index contributed by atoms with van der Waals surface area (Å²) >= 11 is 3.35. The zero-order chi connectivity index (χ0) is 18.8. The third-order valence-corrected chi connectivity index (χ3v) is 4.18. The number of benzene rings is 1. The summed E-state index contributed by atoms with van der Waals surface area (Å²) in [5.41, 5.74) is 0.229. The molecule has 0 spiro atoms. The lowest BCUT2D eigenvalue weighted by molar-refractivity contribution is -0.384. The minimum absolute atomic E-state index is 0.146. The van der Waals surface area contributed by atoms with Crippen LogP contribution < -0.4 is 5.32 Å². The molecule has 1 heterocycles. The predicted octanol–water partition coefficient (Wildman–Crippen LogP) is 4.10. The number of hydrogen-bond acceptors (Lipinski definition) is 5. The molecule has 0 aliphatic carbocycles. The number of hydrogen-bond donors (Lipinski definition) is 2. The number of halogens is 1. The van der Waals surface area contributed by atoms with Crippen molar-refractivity contribution in [3.63, 3.8) is 0 Å². The maximum atomic E-state index is 11.4. The van der Waals surface area contributed by atoms with Crippen molar-refractivity contribution in [3.8, 4) is 0 Å². The van der Waals surface area contributed by atoms with Crippen LogP contribution in [-0.4, -0.2) is 44.6 Å². The Morgan fingerprint density at radius 3 is 2.68 bits per heavy atom. The smallest absolute Gasteiger partial charge is 0.407 e. The molecule has 134 valence electrons. The molecular weight excluding hydrogens is 392 g/mol. The fraction of sp³-hybridized carbons (Fsp3) is 0.375. The minimum Gasteiger partial charge on any atom is -0.465 e. The first-order chi connectivity index (χ1) is 11.6. The van der Waals surface area contributed by atoms with Gasteiger partial charge in [-0.3, -0.25) is 10.1 Å². The van der Waals surface area contributed by atoms with E-state index in [1.165, 1.54) is 11.1 Å². The highest BCUT2D eigenvalue weighted by atomic mass is 79.9. The summed E-state index contributed by atoms with van der Waals surface area (Å²) < 4.78 is 0.817. The van der Waals surface area contributed by atoms with Gasteiger partial charge in [0, 0.05) is 28.5 Å². The molecule has 0 fully saturated rings. The van der Waals surface area contributed by atoms with Gasteiger partial charge in [0.05, 0.1) is 10.4 Å². The van der Waals surface area contributed by atoms with Crippen LogP contribution in [0.3, 0.4) is 0 Å². The summed E-state index contributed by atoms with van der Waals surface area (Å²) in [6, 6.07) is 5.28. The van der Waals surface area contributed by atoms with E-state index in [0.717, 1.165) is 4.47 Å². The number of aromatic nitrogens is 1. The maximum Gasteiger partial charge on any atom is 0.407 e. The van der Waals surface area contributed by atoms with Gasteiger partial charge in [-0.25, -0.2) is 9.78 Å². The molecule has 0 unspecified atom stereocenters. The second-order valence-electron chi connectivity index (χ2n) is 6.47. The van der Waals surface area contributed by atoms with Gasteiger partial charge >= 0.3 is 11.8 Å². The Bertz CT molecular complexity index is 820. The number of carbonyl (C=O) groups is 1. The molecule has 2 rings (SSSR count). The lowest BCUT2D eigenvalue weighted by Crippen LogP contribution is -2.47. The quantitative estimate of drug-likeness (QED) is 0.567. The van der Waals surface area contributed by atoms with Crippen molar-refractivity contribution in [1.82, 2.24) is 9.88 Å². The van der Waals surface area contributed by atoms with Crippen molar-refractivity contribution in [2.45, 2.75) is 26.3 Å². The summed E-state index contributed by atoms with van der Waals surface area (Å²) in [6.45, 7) is 5.81. The molecular formula is C16H19BrN4O4. The Morgan fingerprint density at radius 2 is 2.12 bits per heavy atom. The van der Waals surface area contributed by atoms with Crippen LogP contribution in [0.4, 0.5) is 16.2 Å². The summed E-state index contributed by atoms with van der Waals surface area (Å²) in [6.07, 6.45) is 0.169. The number of nitrogens with zero attached hydrogens (tertiary/aromatic N) is 3. The van der Waals surface area contributed by atoms with Gasteiger partial charge in [-0.05, 0) is 39.0 Å². The molecule has 25 heavy (non-hydrogen) atoms. The van der Waals surface area contributed by atoms with Crippen LogP contribution in [0.5, 0.6) is 0 Å². The van der Waals surface area contributed by atoms with E-state index in [1.807, 2.05) is 0 Å². The van der Waals surface area contributed by atoms with Crippen molar-refractivity contribution in [2.24, 2.45) is 0 Å². The lowest BCUT2D eigenvalue weighted by atomic mass is 10.1. The summed E-state index contributed by atoms with van der Waals surface area (Å²) in [5, 5.41) is 24.3. The standard InChI is InChI=1S/C16H19BrN4O4/c1-16(2,3)20(15(22)23)7-6-18-14-11-5-4-10(17)8-12(11)19-9-13(14)21(24)25/h4-5,8-9H,6-7H2,1-3H3,(H,18,19)(H,22,23). The molecule has 0 saturated heterocycles. The number of nitro groups is 1. The van der Waals surface area contributed by atoms with E-state index in [1.54, 1.807) is 39.0 Å². The fourth-order valence-electron chi connectivity index (χ4n) is 2.49. The van der Waals surface area contributed by atoms with Crippen LogP contribution in [0.15, 0.2) is 28.9 Å². The second-order valence-corrected chi connectivity index (χ2v) is 7.38. The number of carboxylic acid groups (broad SMARTS) is 1. The SMILES string of the molecule is CC(C)(C)N(CCNc1c([N+](=O)[O-])cnc2cc(Br)ccc12)C(=O)O. The van der Waals surface area contributed by atoms with Crippen molar-refractivity contribution >= 4 is 44.3 Å². The first-order valence-electron chi connectivity index (χ1n) is 7.58. The zero-order valence-electron chi connectivity index (χ0n) is 14.1. The maximum absolute atomic E-state index is 11.4. The van der Waals surface area contributed by atoms with E-state index in [9.17, 15) is 20.0 Å². The molecule has 0 saturated carbocycles. The largest absolute Gasteiger partial charge is 0.465 e. The molecule has 9 heteroatoms. The average Bonchev–Trinajstić information content (AvgIpc) is 2.48. The number of nitrogens with one attached hydrogen (secondary N) is 1. The molecule has 0 atom stereocenters. The highest BCUT2D eigenvalue weighted by molar-refractivity contribution is 9.10. The number of fused-ring (bicyclic) bond motifs is 1. The van der Waals surface area contributed by atoms with Crippen LogP contribution in [0.25, 0.3) is 10.9 Å². The molecule has 0 bridgehead atoms. The van der Waals surface area contributed by atoms with Gasteiger partial charge < -0.3 is 15.3 Å². The Morgan fingerprint density at radius 1 is 1.44 bits per heavy atom. The van der Waals surface area contributed by atoms with Gasteiger partial charge in [-0.1, -0.05) is 15.9 Å². The third kappa shape index (κ3) is 4.36. The summed E-state index contributed by atoms with van der Waals surface area (Å²) in [7, 11) is 0. The van der Waals surface area contributed by atoms with Crippen molar-refractivity contribution in [1.29, 1.82) is 0 Å². The first kappa shape index (κ1) is 18.9. The van der Waals surface area contributed by atoms with E-state index < -0.39 is 16.6 Å². The lowest BCUT2D eigenvalue weighted by Gasteiger charge is -2.33. The van der Waals surface area contributed by atoms with Gasteiger partial charge in [-0.2, -0.15) is 0 Å². The number of pyridine rings is 1. The summed E-state index contributed by atoms with van der Waals surface area (Å²) in [5.74, 6) is 0. The molecule has 2 N–H and O–H groups in total. The second kappa shape index (κ2) is 7.22. The van der Waals surface area contributed by atoms with E-state index in [-0.39, 0.29) is 18.8 Å². The molecule has 8 nitrogen and oxygen atoms in total. The molecule has 1 amide bonds. The number of amides is 1. The van der Waals surface area contributed by atoms with Gasteiger partial charge in [0.15, 0.2) is 0 Å². The molecule has 0 aliphatic rings. The van der Waals surface area contributed by atoms with Crippen molar-refractivity contribution in [3.05, 3.63) is 39.0 Å². The number of anilines is 1.